The minimum atomic E-state index is -0.0321. The maximum Gasteiger partial charge on any atom is 0.307 e. The van der Waals surface area contributed by atoms with Gasteiger partial charge in [-0.2, -0.15) is 11.8 Å². The minimum Gasteiger partial charge on any atom is -0.461 e. The third kappa shape index (κ3) is 5.31. The lowest BCUT2D eigenvalue weighted by atomic mass is 9.83. The smallest absolute Gasteiger partial charge is 0.307 e. The molecule has 0 amide bonds. The van der Waals surface area contributed by atoms with Gasteiger partial charge in [-0.3, -0.25) is 9.59 Å². The van der Waals surface area contributed by atoms with Gasteiger partial charge in [-0.15, -0.1) is 0 Å². The normalized spacial score (nSPS) is 28.7. The highest BCUT2D eigenvalue weighted by Gasteiger charge is 2.35. The van der Waals surface area contributed by atoms with Crippen LogP contribution >= 0.6 is 11.8 Å². The van der Waals surface area contributed by atoms with Gasteiger partial charge >= 0.3 is 5.97 Å². The van der Waals surface area contributed by atoms with E-state index in [-0.39, 0.29) is 17.6 Å². The van der Waals surface area contributed by atoms with Gasteiger partial charge in [0, 0.05) is 49.1 Å². The molecule has 0 aromatic carbocycles. The number of hydrogen-bond acceptors (Lipinski definition) is 5. The molecule has 0 spiro atoms. The Labute approximate surface area is 184 Å². The fourth-order valence-electron chi connectivity index (χ4n) is 5.42. The molecule has 1 saturated carbocycles. The van der Waals surface area contributed by atoms with Gasteiger partial charge in [-0.05, 0) is 49.8 Å². The average Bonchev–Trinajstić information content (AvgIpc) is 2.74. The van der Waals surface area contributed by atoms with Crippen molar-refractivity contribution in [2.24, 2.45) is 5.92 Å². The quantitative estimate of drug-likeness (QED) is 0.458. The number of nitrogens with zero attached hydrogens (tertiary/aromatic N) is 2. The SMILES string of the molecule is CCCCSC1CCCCC1OC(=O)CCN1C[C@@H]2C[C@H](C1)c1cccc(=O)n1C2. The van der Waals surface area contributed by atoms with Crippen LogP contribution in [0.5, 0.6) is 0 Å². The van der Waals surface area contributed by atoms with Crippen molar-refractivity contribution in [1.29, 1.82) is 0 Å². The van der Waals surface area contributed by atoms with Crippen molar-refractivity contribution in [3.05, 3.63) is 34.2 Å². The zero-order chi connectivity index (χ0) is 20.9. The largest absolute Gasteiger partial charge is 0.461 e. The van der Waals surface area contributed by atoms with E-state index >= 15 is 0 Å². The Balaban J connectivity index is 1.27. The van der Waals surface area contributed by atoms with E-state index in [0.717, 1.165) is 39.0 Å². The number of carbonyl (C=O) groups excluding carboxylic acids is 1. The number of aromatic nitrogens is 1. The van der Waals surface area contributed by atoms with Crippen LogP contribution in [0.4, 0.5) is 0 Å². The van der Waals surface area contributed by atoms with Crippen molar-refractivity contribution in [2.75, 3.05) is 25.4 Å². The van der Waals surface area contributed by atoms with Crippen molar-refractivity contribution in [2.45, 2.75) is 82.1 Å². The molecule has 0 radical (unpaired) electrons. The van der Waals surface area contributed by atoms with Gasteiger partial charge in [0.15, 0.2) is 0 Å². The summed E-state index contributed by atoms with van der Waals surface area (Å²) in [5, 5.41) is 0.485. The van der Waals surface area contributed by atoms with Crippen molar-refractivity contribution in [1.82, 2.24) is 9.47 Å². The van der Waals surface area contributed by atoms with Gasteiger partial charge in [0.05, 0.1) is 6.42 Å². The molecule has 1 aromatic heterocycles. The molecule has 2 bridgehead atoms. The second-order valence-corrected chi connectivity index (χ2v) is 10.6. The lowest BCUT2D eigenvalue weighted by molar-refractivity contribution is -0.150. The number of ether oxygens (including phenoxy) is 1. The molecule has 2 aliphatic heterocycles. The Hall–Kier alpha value is -1.27. The average molecular weight is 433 g/mol. The minimum absolute atomic E-state index is 0.0321. The van der Waals surface area contributed by atoms with Gasteiger partial charge in [-0.1, -0.05) is 25.8 Å². The Morgan fingerprint density at radius 2 is 2.07 bits per heavy atom. The molecule has 1 aromatic rings. The first kappa shape index (κ1) is 21.9. The molecule has 30 heavy (non-hydrogen) atoms. The van der Waals surface area contributed by atoms with Crippen LogP contribution in [0.2, 0.25) is 0 Å². The number of esters is 1. The Bertz CT molecular complexity index is 780. The van der Waals surface area contributed by atoms with E-state index in [9.17, 15) is 9.59 Å². The molecule has 1 aliphatic carbocycles. The molecule has 3 heterocycles. The summed E-state index contributed by atoms with van der Waals surface area (Å²) in [4.78, 5) is 27.2. The fraction of sp³-hybridized carbons (Fsp3) is 0.750. The van der Waals surface area contributed by atoms with E-state index < -0.39 is 0 Å². The van der Waals surface area contributed by atoms with E-state index in [1.165, 1.54) is 43.6 Å². The van der Waals surface area contributed by atoms with Crippen molar-refractivity contribution < 1.29 is 9.53 Å². The van der Waals surface area contributed by atoms with Crippen molar-refractivity contribution in [3.63, 3.8) is 0 Å². The molecule has 4 rings (SSSR count). The van der Waals surface area contributed by atoms with Crippen LogP contribution in [0, 0.1) is 5.92 Å². The van der Waals surface area contributed by atoms with Gasteiger partial charge in [0.2, 0.25) is 0 Å². The number of thioether (sulfide) groups is 1. The lowest BCUT2D eigenvalue weighted by Crippen LogP contribution is -2.47. The lowest BCUT2D eigenvalue weighted by Gasteiger charge is -2.42. The Morgan fingerprint density at radius 1 is 1.20 bits per heavy atom. The number of pyridine rings is 1. The van der Waals surface area contributed by atoms with Gasteiger partial charge in [0.25, 0.3) is 5.56 Å². The fourth-order valence-corrected chi connectivity index (χ4v) is 6.92. The van der Waals surface area contributed by atoms with Crippen LogP contribution in [-0.2, 0) is 16.1 Å². The summed E-state index contributed by atoms with van der Waals surface area (Å²) in [5.74, 6) is 2.05. The Kier molecular flexibility index (Phi) is 7.58. The zero-order valence-corrected chi connectivity index (χ0v) is 19.1. The van der Waals surface area contributed by atoms with Crippen LogP contribution in [0.25, 0.3) is 0 Å². The van der Waals surface area contributed by atoms with E-state index in [4.69, 9.17) is 4.74 Å². The van der Waals surface area contributed by atoms with E-state index in [1.54, 1.807) is 6.07 Å². The first-order valence-electron chi connectivity index (χ1n) is 11.9. The first-order valence-corrected chi connectivity index (χ1v) is 12.9. The summed E-state index contributed by atoms with van der Waals surface area (Å²) < 4.78 is 7.92. The number of piperidine rings is 1. The highest BCUT2D eigenvalue weighted by atomic mass is 32.2. The number of unbranched alkanes of at least 4 members (excludes halogenated alkanes) is 1. The van der Waals surface area contributed by atoms with Gasteiger partial charge in [0.1, 0.15) is 6.10 Å². The van der Waals surface area contributed by atoms with E-state index in [2.05, 4.69) is 17.9 Å². The predicted molar refractivity (Wildman–Crippen MR) is 122 cm³/mol. The first-order chi connectivity index (χ1) is 14.6. The van der Waals surface area contributed by atoms with Gasteiger partial charge < -0.3 is 14.2 Å². The topological polar surface area (TPSA) is 51.5 Å². The standard InChI is InChI=1S/C24H36N2O3S/c1-2-3-13-30-22-9-5-4-8-21(22)29-24(28)11-12-25-15-18-14-19(17-25)20-7-6-10-23(27)26(20)16-18/h6-7,10,18-19,21-22H,2-5,8-9,11-17H2,1H3/t18-,19+,21?,22?/m0/s1. The number of rotatable bonds is 8. The number of likely N-dealkylation sites (tertiary alicyclic amines) is 1. The summed E-state index contributed by atoms with van der Waals surface area (Å²) in [6, 6.07) is 5.64. The van der Waals surface area contributed by atoms with Crippen LogP contribution in [0.15, 0.2) is 23.0 Å². The van der Waals surface area contributed by atoms with Crippen LogP contribution in [-0.4, -0.2) is 52.2 Å². The molecule has 2 fully saturated rings. The van der Waals surface area contributed by atoms with Crippen LogP contribution in [0.3, 0.4) is 0 Å². The summed E-state index contributed by atoms with van der Waals surface area (Å²) in [6.45, 7) is 5.72. The summed E-state index contributed by atoms with van der Waals surface area (Å²) in [5.41, 5.74) is 1.29. The molecule has 4 atom stereocenters. The number of fused-ring (bicyclic) bond motifs is 4. The van der Waals surface area contributed by atoms with Crippen molar-refractivity contribution in [3.8, 4) is 0 Å². The predicted octanol–water partition coefficient (Wildman–Crippen LogP) is 4.05. The van der Waals surface area contributed by atoms with Gasteiger partial charge in [-0.25, -0.2) is 0 Å². The second-order valence-electron chi connectivity index (χ2n) is 9.28. The van der Waals surface area contributed by atoms with E-state index in [0.29, 0.717) is 23.5 Å². The highest BCUT2D eigenvalue weighted by molar-refractivity contribution is 7.99. The second kappa shape index (κ2) is 10.4. The molecule has 2 unspecified atom stereocenters. The Morgan fingerprint density at radius 3 is 2.93 bits per heavy atom. The third-order valence-electron chi connectivity index (χ3n) is 6.94. The number of hydrogen-bond donors (Lipinski definition) is 0. The molecular weight excluding hydrogens is 396 g/mol. The van der Waals surface area contributed by atoms with E-state index in [1.807, 2.05) is 22.4 Å². The maximum atomic E-state index is 12.6. The highest BCUT2D eigenvalue weighted by Crippen LogP contribution is 2.35. The van der Waals surface area contributed by atoms with Crippen LogP contribution in [0.1, 0.15) is 69.9 Å². The molecule has 0 N–H and O–H groups in total. The summed E-state index contributed by atoms with van der Waals surface area (Å²) in [7, 11) is 0. The molecular formula is C24H36N2O3S. The molecule has 3 aliphatic rings. The molecule has 5 nitrogen and oxygen atoms in total. The van der Waals surface area contributed by atoms with Crippen LogP contribution < -0.4 is 5.56 Å². The maximum absolute atomic E-state index is 12.6. The zero-order valence-electron chi connectivity index (χ0n) is 18.3. The number of carbonyl (C=O) groups is 1. The molecule has 6 heteroatoms. The molecule has 166 valence electrons. The summed E-state index contributed by atoms with van der Waals surface area (Å²) in [6.07, 6.45) is 8.85. The van der Waals surface area contributed by atoms with Crippen molar-refractivity contribution >= 4 is 17.7 Å². The monoisotopic (exact) mass is 432 g/mol. The third-order valence-corrected chi connectivity index (χ3v) is 8.43. The molecule has 1 saturated heterocycles. The summed E-state index contributed by atoms with van der Waals surface area (Å²) >= 11 is 2.01.